The number of nitrogens with two attached hydrogens (primary N) is 1. The molecule has 1 fully saturated rings. The van der Waals surface area contributed by atoms with Crippen molar-refractivity contribution in [3.63, 3.8) is 0 Å². The molecule has 1 aromatic heterocycles. The van der Waals surface area contributed by atoms with Gasteiger partial charge in [-0.3, -0.25) is 0 Å². The van der Waals surface area contributed by atoms with Gasteiger partial charge in [-0.1, -0.05) is 6.07 Å². The van der Waals surface area contributed by atoms with Gasteiger partial charge in [0.25, 0.3) is 0 Å². The molecule has 2 N–H and O–H groups in total. The van der Waals surface area contributed by atoms with Gasteiger partial charge in [0.1, 0.15) is 0 Å². The quantitative estimate of drug-likeness (QED) is 0.811. The van der Waals surface area contributed by atoms with Crippen molar-refractivity contribution in [2.45, 2.75) is 37.6 Å². The lowest BCUT2D eigenvalue weighted by molar-refractivity contribution is 0.685. The summed E-state index contributed by atoms with van der Waals surface area (Å²) < 4.78 is 0. The molecule has 2 aliphatic carbocycles. The number of rotatable bonds is 1. The molecule has 0 aliphatic heterocycles. The number of benzene rings is 1. The topological polar surface area (TPSA) is 51.8 Å². The van der Waals surface area contributed by atoms with Crippen LogP contribution < -0.4 is 5.73 Å². The van der Waals surface area contributed by atoms with E-state index in [-0.39, 0.29) is 0 Å². The Kier molecular flexibility index (Phi) is 1.83. The summed E-state index contributed by atoms with van der Waals surface area (Å²) in [6.07, 6.45) is 3.88. The summed E-state index contributed by atoms with van der Waals surface area (Å²) in [5.74, 6) is 1.36. The Hall–Kier alpha value is -1.48. The fourth-order valence-electron chi connectivity index (χ4n) is 3.33. The number of hydrogen-bond donors (Lipinski definition) is 1. The summed E-state index contributed by atoms with van der Waals surface area (Å²) in [6.45, 7) is 0.570. The lowest BCUT2D eigenvalue weighted by Crippen LogP contribution is -2.05. The molecule has 2 bridgehead atoms. The van der Waals surface area contributed by atoms with Crippen LogP contribution in [-0.2, 0) is 6.54 Å². The highest BCUT2D eigenvalue weighted by atomic mass is 14.9. The first-order valence-electron chi connectivity index (χ1n) is 6.35. The first kappa shape index (κ1) is 9.54. The summed E-state index contributed by atoms with van der Waals surface area (Å²) in [5.41, 5.74) is 11.4. The van der Waals surface area contributed by atoms with E-state index >= 15 is 0 Å². The van der Waals surface area contributed by atoms with Crippen LogP contribution in [0.4, 0.5) is 0 Å². The Bertz CT molecular complexity index is 606. The van der Waals surface area contributed by atoms with Crippen LogP contribution in [0.5, 0.6) is 0 Å². The molecule has 1 aromatic carbocycles. The van der Waals surface area contributed by atoms with E-state index in [1.165, 1.54) is 30.7 Å². The van der Waals surface area contributed by atoms with Crippen LogP contribution in [0.15, 0.2) is 18.2 Å². The SMILES string of the molecule is NCc1ccc2nc3c(nc2c1)[C@@H]1CC[C@@H]3C1. The van der Waals surface area contributed by atoms with Crippen molar-refractivity contribution in [2.75, 3.05) is 0 Å². The van der Waals surface area contributed by atoms with Gasteiger partial charge in [-0.25, -0.2) is 9.97 Å². The van der Waals surface area contributed by atoms with Crippen LogP contribution in [0.3, 0.4) is 0 Å². The lowest BCUT2D eigenvalue weighted by Gasteiger charge is -2.14. The van der Waals surface area contributed by atoms with E-state index in [1.807, 2.05) is 0 Å². The number of aromatic nitrogens is 2. The smallest absolute Gasteiger partial charge is 0.0893 e. The molecular weight excluding hydrogens is 210 g/mol. The van der Waals surface area contributed by atoms with Crippen LogP contribution in [0.2, 0.25) is 0 Å². The highest BCUT2D eigenvalue weighted by Gasteiger charge is 2.39. The normalized spacial score (nSPS) is 25.5. The second kappa shape index (κ2) is 3.26. The van der Waals surface area contributed by atoms with E-state index in [0.717, 1.165) is 16.6 Å². The minimum atomic E-state index is 0.570. The molecule has 1 saturated carbocycles. The summed E-state index contributed by atoms with van der Waals surface area (Å²) in [7, 11) is 0. The van der Waals surface area contributed by atoms with Gasteiger partial charge in [0, 0.05) is 18.4 Å². The molecule has 0 saturated heterocycles. The highest BCUT2D eigenvalue weighted by molar-refractivity contribution is 5.76. The monoisotopic (exact) mass is 225 g/mol. The zero-order valence-electron chi connectivity index (χ0n) is 9.69. The third-order valence-electron chi connectivity index (χ3n) is 4.23. The molecule has 2 atom stereocenters. The first-order valence-corrected chi connectivity index (χ1v) is 6.35. The van der Waals surface area contributed by atoms with Gasteiger partial charge in [0.15, 0.2) is 0 Å². The maximum atomic E-state index is 5.67. The van der Waals surface area contributed by atoms with Gasteiger partial charge in [0.2, 0.25) is 0 Å². The first-order chi connectivity index (χ1) is 8.35. The number of hydrogen-bond acceptors (Lipinski definition) is 3. The molecule has 2 aromatic rings. The molecule has 0 radical (unpaired) electrons. The van der Waals surface area contributed by atoms with E-state index in [9.17, 15) is 0 Å². The molecule has 2 aliphatic rings. The third-order valence-corrected chi connectivity index (χ3v) is 4.23. The average molecular weight is 225 g/mol. The van der Waals surface area contributed by atoms with Crippen molar-refractivity contribution in [1.82, 2.24) is 9.97 Å². The second-order valence-electron chi connectivity index (χ2n) is 5.23. The predicted molar refractivity (Wildman–Crippen MR) is 66.8 cm³/mol. The van der Waals surface area contributed by atoms with E-state index in [4.69, 9.17) is 15.7 Å². The van der Waals surface area contributed by atoms with Crippen molar-refractivity contribution in [3.8, 4) is 0 Å². The van der Waals surface area contributed by atoms with Gasteiger partial charge in [0.05, 0.1) is 22.4 Å². The van der Waals surface area contributed by atoms with Crippen LogP contribution in [0.1, 0.15) is 48.0 Å². The largest absolute Gasteiger partial charge is 0.326 e. The number of fused-ring (bicyclic) bond motifs is 6. The third kappa shape index (κ3) is 1.26. The van der Waals surface area contributed by atoms with Crippen molar-refractivity contribution < 1.29 is 0 Å². The van der Waals surface area contributed by atoms with Crippen molar-refractivity contribution in [2.24, 2.45) is 5.73 Å². The minimum absolute atomic E-state index is 0.570. The van der Waals surface area contributed by atoms with Gasteiger partial charge in [-0.15, -0.1) is 0 Å². The molecule has 0 unspecified atom stereocenters. The fourth-order valence-corrected chi connectivity index (χ4v) is 3.33. The molecule has 4 rings (SSSR count). The summed E-state index contributed by atoms with van der Waals surface area (Å²) in [5, 5.41) is 0. The fraction of sp³-hybridized carbons (Fsp3) is 0.429. The summed E-state index contributed by atoms with van der Waals surface area (Å²) >= 11 is 0. The van der Waals surface area contributed by atoms with Crippen LogP contribution >= 0.6 is 0 Å². The minimum Gasteiger partial charge on any atom is -0.326 e. The predicted octanol–water partition coefficient (Wildman–Crippen LogP) is 2.45. The molecular formula is C14H15N3. The standard InChI is InChI=1S/C14H15N3/c15-7-8-1-4-11-12(5-8)17-14-10-3-2-9(6-10)13(14)16-11/h1,4-5,9-10H,2-3,6-7,15H2/t9-,10-/m1/s1. The lowest BCUT2D eigenvalue weighted by atomic mass is 10.00. The summed E-state index contributed by atoms with van der Waals surface area (Å²) in [4.78, 5) is 9.64. The molecule has 86 valence electrons. The Morgan fingerprint density at radius 2 is 1.76 bits per heavy atom. The van der Waals surface area contributed by atoms with E-state index in [2.05, 4.69) is 18.2 Å². The van der Waals surface area contributed by atoms with Crippen molar-refractivity contribution in [1.29, 1.82) is 0 Å². The van der Waals surface area contributed by atoms with Crippen molar-refractivity contribution >= 4 is 11.0 Å². The Labute approximate surface area is 100 Å². The summed E-state index contributed by atoms with van der Waals surface area (Å²) in [6, 6.07) is 6.18. The van der Waals surface area contributed by atoms with Gasteiger partial charge in [-0.05, 0) is 37.0 Å². The van der Waals surface area contributed by atoms with Gasteiger partial charge >= 0.3 is 0 Å². The maximum Gasteiger partial charge on any atom is 0.0893 e. The van der Waals surface area contributed by atoms with E-state index in [1.54, 1.807) is 0 Å². The van der Waals surface area contributed by atoms with Crippen molar-refractivity contribution in [3.05, 3.63) is 35.2 Å². The Balaban J connectivity index is 1.97. The van der Waals surface area contributed by atoms with E-state index in [0.29, 0.717) is 18.4 Å². The Morgan fingerprint density at radius 1 is 1.06 bits per heavy atom. The zero-order chi connectivity index (χ0) is 11.4. The zero-order valence-corrected chi connectivity index (χ0v) is 9.69. The molecule has 0 spiro atoms. The number of nitrogens with zero attached hydrogens (tertiary/aromatic N) is 2. The van der Waals surface area contributed by atoms with Crippen LogP contribution in [-0.4, -0.2) is 9.97 Å². The second-order valence-corrected chi connectivity index (χ2v) is 5.23. The Morgan fingerprint density at radius 3 is 2.47 bits per heavy atom. The van der Waals surface area contributed by atoms with Gasteiger partial charge < -0.3 is 5.73 Å². The highest BCUT2D eigenvalue weighted by Crippen LogP contribution is 2.51. The van der Waals surface area contributed by atoms with E-state index < -0.39 is 0 Å². The van der Waals surface area contributed by atoms with Crippen LogP contribution in [0.25, 0.3) is 11.0 Å². The molecule has 1 heterocycles. The molecule has 0 amide bonds. The average Bonchev–Trinajstić information content (AvgIpc) is 2.97. The molecule has 3 heteroatoms. The maximum absolute atomic E-state index is 5.67. The van der Waals surface area contributed by atoms with Gasteiger partial charge in [-0.2, -0.15) is 0 Å². The van der Waals surface area contributed by atoms with Crippen LogP contribution in [0, 0.1) is 0 Å². The molecule has 17 heavy (non-hydrogen) atoms. The molecule has 3 nitrogen and oxygen atoms in total.